The van der Waals surface area contributed by atoms with Crippen molar-refractivity contribution in [1.29, 1.82) is 0 Å². The third-order valence-corrected chi connectivity index (χ3v) is 2.87. The summed E-state index contributed by atoms with van der Waals surface area (Å²) in [7, 11) is 0. The number of aromatic hydroxyl groups is 1. The van der Waals surface area contributed by atoms with Gasteiger partial charge in [-0.15, -0.1) is 0 Å². The number of para-hydroxylation sites is 1. The monoisotopic (exact) mass is 248 g/mol. The van der Waals surface area contributed by atoms with Crippen molar-refractivity contribution in [3.8, 4) is 5.75 Å². The minimum atomic E-state index is -1.15. The van der Waals surface area contributed by atoms with E-state index in [0.717, 1.165) is 11.6 Å². The zero-order valence-corrected chi connectivity index (χ0v) is 11.1. The van der Waals surface area contributed by atoms with E-state index in [1.54, 1.807) is 6.07 Å². The number of benzene rings is 1. The van der Waals surface area contributed by atoms with Gasteiger partial charge < -0.3 is 10.2 Å². The molecule has 0 aliphatic heterocycles. The summed E-state index contributed by atoms with van der Waals surface area (Å²) >= 11 is 0. The van der Waals surface area contributed by atoms with Crippen molar-refractivity contribution in [2.24, 2.45) is 0 Å². The van der Waals surface area contributed by atoms with Gasteiger partial charge in [0.1, 0.15) is 11.9 Å². The van der Waals surface area contributed by atoms with Gasteiger partial charge in [0.2, 0.25) is 0 Å². The van der Waals surface area contributed by atoms with Gasteiger partial charge in [-0.1, -0.05) is 45.5 Å². The normalized spacial score (nSPS) is 13.1. The lowest BCUT2D eigenvalue weighted by Crippen LogP contribution is -2.21. The quantitative estimate of drug-likeness (QED) is 0.804. The second-order valence-corrected chi connectivity index (χ2v) is 5.39. The van der Waals surface area contributed by atoms with E-state index in [9.17, 15) is 15.0 Å². The Hall–Kier alpha value is -1.61. The topological polar surface area (TPSA) is 57.5 Å². The number of hydrogen-bond acceptors (Lipinski definition) is 3. The molecule has 0 radical (unpaired) electrons. The maximum absolute atomic E-state index is 11.3. The van der Waals surface area contributed by atoms with Crippen molar-refractivity contribution in [3.05, 3.63) is 42.0 Å². The second kappa shape index (κ2) is 5.36. The standard InChI is InChI=1S/C15H20O3/c1-5-12(16)13(17)9-10-7-6-8-11(14(10)18)15(2,3)4/h5-8,13,17-18H,1,9H2,2-4H3. The minimum absolute atomic E-state index is 0.0978. The molecule has 1 aromatic carbocycles. The molecule has 0 spiro atoms. The number of aliphatic hydroxyl groups excluding tert-OH is 1. The van der Waals surface area contributed by atoms with Gasteiger partial charge in [-0.3, -0.25) is 4.79 Å². The van der Waals surface area contributed by atoms with E-state index < -0.39 is 11.9 Å². The van der Waals surface area contributed by atoms with E-state index in [1.807, 2.05) is 32.9 Å². The molecular formula is C15H20O3. The van der Waals surface area contributed by atoms with Crippen LogP contribution in [-0.4, -0.2) is 22.1 Å². The van der Waals surface area contributed by atoms with Crippen molar-refractivity contribution >= 4 is 5.78 Å². The SMILES string of the molecule is C=CC(=O)C(O)Cc1cccc(C(C)(C)C)c1O. The second-order valence-electron chi connectivity index (χ2n) is 5.39. The number of hydrogen-bond donors (Lipinski definition) is 2. The smallest absolute Gasteiger partial charge is 0.183 e. The molecule has 0 amide bonds. The Bertz CT molecular complexity index is 455. The van der Waals surface area contributed by atoms with Crippen molar-refractivity contribution in [2.45, 2.75) is 38.7 Å². The summed E-state index contributed by atoms with van der Waals surface area (Å²) in [5.41, 5.74) is 1.19. The average Bonchev–Trinajstić information content (AvgIpc) is 2.29. The Labute approximate surface area is 108 Å². The van der Waals surface area contributed by atoms with Crippen LogP contribution in [0, 0.1) is 0 Å². The largest absolute Gasteiger partial charge is 0.507 e. The fraction of sp³-hybridized carbons (Fsp3) is 0.400. The summed E-state index contributed by atoms with van der Waals surface area (Å²) in [6.07, 6.45) is 0.0410. The summed E-state index contributed by atoms with van der Waals surface area (Å²) < 4.78 is 0. The molecule has 3 heteroatoms. The predicted octanol–water partition coefficient (Wildman–Crippen LogP) is 2.35. The highest BCUT2D eigenvalue weighted by molar-refractivity contribution is 5.93. The molecule has 98 valence electrons. The molecule has 0 bridgehead atoms. The van der Waals surface area contributed by atoms with E-state index in [4.69, 9.17) is 0 Å². The number of carbonyl (C=O) groups excluding carboxylic acids is 1. The Balaban J connectivity index is 3.05. The molecule has 1 atom stereocenters. The first kappa shape index (κ1) is 14.5. The maximum Gasteiger partial charge on any atom is 0.183 e. The first-order valence-electron chi connectivity index (χ1n) is 5.93. The molecular weight excluding hydrogens is 228 g/mol. The van der Waals surface area contributed by atoms with Gasteiger partial charge in [-0.05, 0) is 22.6 Å². The van der Waals surface area contributed by atoms with E-state index in [2.05, 4.69) is 6.58 Å². The fourth-order valence-electron chi connectivity index (χ4n) is 1.81. The molecule has 1 unspecified atom stereocenters. The van der Waals surface area contributed by atoms with Crippen LogP contribution in [-0.2, 0) is 16.6 Å². The average molecular weight is 248 g/mol. The Morgan fingerprint density at radius 2 is 2.06 bits per heavy atom. The lowest BCUT2D eigenvalue weighted by Gasteiger charge is -2.22. The molecule has 0 saturated carbocycles. The van der Waals surface area contributed by atoms with Crippen LogP contribution in [0.15, 0.2) is 30.9 Å². The van der Waals surface area contributed by atoms with Crippen LogP contribution in [0.25, 0.3) is 0 Å². The fourth-order valence-corrected chi connectivity index (χ4v) is 1.81. The molecule has 0 aliphatic carbocycles. The summed E-state index contributed by atoms with van der Waals surface area (Å²) in [5.74, 6) is -0.281. The highest BCUT2D eigenvalue weighted by atomic mass is 16.3. The first-order valence-corrected chi connectivity index (χ1v) is 5.93. The number of phenolic OH excluding ortho intramolecular Hbond substituents is 1. The van der Waals surface area contributed by atoms with Gasteiger partial charge in [0, 0.05) is 6.42 Å². The Morgan fingerprint density at radius 1 is 1.44 bits per heavy atom. The van der Waals surface area contributed by atoms with E-state index in [-0.39, 0.29) is 17.6 Å². The summed E-state index contributed by atoms with van der Waals surface area (Å²) in [6, 6.07) is 5.38. The van der Waals surface area contributed by atoms with Crippen LogP contribution in [0.1, 0.15) is 31.9 Å². The number of carbonyl (C=O) groups is 1. The van der Waals surface area contributed by atoms with E-state index in [0.29, 0.717) is 5.56 Å². The molecule has 0 aliphatic rings. The van der Waals surface area contributed by atoms with Crippen LogP contribution in [0.5, 0.6) is 5.75 Å². The molecule has 0 heterocycles. The lowest BCUT2D eigenvalue weighted by atomic mass is 9.84. The maximum atomic E-state index is 11.3. The van der Waals surface area contributed by atoms with Gasteiger partial charge >= 0.3 is 0 Å². The minimum Gasteiger partial charge on any atom is -0.507 e. The molecule has 2 N–H and O–H groups in total. The van der Waals surface area contributed by atoms with Crippen molar-refractivity contribution in [1.82, 2.24) is 0 Å². The summed E-state index contributed by atoms with van der Waals surface area (Å²) in [6.45, 7) is 9.32. The third kappa shape index (κ3) is 3.20. The van der Waals surface area contributed by atoms with E-state index >= 15 is 0 Å². The zero-order valence-electron chi connectivity index (χ0n) is 11.1. The molecule has 0 aromatic heterocycles. The predicted molar refractivity (Wildman–Crippen MR) is 71.7 cm³/mol. The number of aliphatic hydroxyl groups is 1. The highest BCUT2D eigenvalue weighted by Crippen LogP contribution is 2.33. The van der Waals surface area contributed by atoms with Crippen LogP contribution >= 0.6 is 0 Å². The summed E-state index contributed by atoms with van der Waals surface area (Å²) in [5, 5.41) is 19.8. The molecule has 18 heavy (non-hydrogen) atoms. The molecule has 3 nitrogen and oxygen atoms in total. The highest BCUT2D eigenvalue weighted by Gasteiger charge is 2.21. The molecule has 1 rings (SSSR count). The van der Waals surface area contributed by atoms with Crippen LogP contribution < -0.4 is 0 Å². The van der Waals surface area contributed by atoms with Crippen molar-refractivity contribution in [2.75, 3.05) is 0 Å². The molecule has 0 fully saturated rings. The van der Waals surface area contributed by atoms with Gasteiger partial charge in [-0.25, -0.2) is 0 Å². The van der Waals surface area contributed by atoms with Gasteiger partial charge in [-0.2, -0.15) is 0 Å². The zero-order chi connectivity index (χ0) is 13.9. The van der Waals surface area contributed by atoms with Crippen LogP contribution in [0.4, 0.5) is 0 Å². The first-order chi connectivity index (χ1) is 8.27. The summed E-state index contributed by atoms with van der Waals surface area (Å²) in [4.78, 5) is 11.3. The van der Waals surface area contributed by atoms with Gasteiger partial charge in [0.15, 0.2) is 5.78 Å². The Morgan fingerprint density at radius 3 is 2.56 bits per heavy atom. The van der Waals surface area contributed by atoms with Crippen molar-refractivity contribution in [3.63, 3.8) is 0 Å². The number of ketones is 1. The molecule has 1 aromatic rings. The lowest BCUT2D eigenvalue weighted by molar-refractivity contribution is -0.122. The van der Waals surface area contributed by atoms with E-state index in [1.165, 1.54) is 0 Å². The molecule has 0 saturated heterocycles. The number of phenols is 1. The van der Waals surface area contributed by atoms with Crippen LogP contribution in [0.2, 0.25) is 0 Å². The number of rotatable bonds is 4. The third-order valence-electron chi connectivity index (χ3n) is 2.87. The van der Waals surface area contributed by atoms with Gasteiger partial charge in [0.25, 0.3) is 0 Å². The Kier molecular flexibility index (Phi) is 4.30. The van der Waals surface area contributed by atoms with Crippen LogP contribution in [0.3, 0.4) is 0 Å². The van der Waals surface area contributed by atoms with Gasteiger partial charge in [0.05, 0.1) is 0 Å². The van der Waals surface area contributed by atoms with Crippen molar-refractivity contribution < 1.29 is 15.0 Å².